The number of methoxy groups -OCH3 is 1. The molecule has 0 aromatic heterocycles. The predicted molar refractivity (Wildman–Crippen MR) is 40.1 cm³/mol. The lowest BCUT2D eigenvalue weighted by molar-refractivity contribution is -0.346. The van der Waals surface area contributed by atoms with Crippen molar-refractivity contribution in [1.82, 2.24) is 0 Å². The van der Waals surface area contributed by atoms with Gasteiger partial charge < -0.3 is 9.47 Å². The van der Waals surface area contributed by atoms with Crippen LogP contribution in [-0.2, 0) is 24.0 Å². The highest BCUT2D eigenvalue weighted by Crippen LogP contribution is 1.94. The molecule has 5 heteroatoms. The summed E-state index contributed by atoms with van der Waals surface area (Å²) in [5.74, 6) is -0.503. The van der Waals surface area contributed by atoms with Crippen molar-refractivity contribution in [2.75, 3.05) is 20.3 Å². The summed E-state index contributed by atoms with van der Waals surface area (Å²) in [5.41, 5.74) is 0. The van der Waals surface area contributed by atoms with Crippen LogP contribution in [0.25, 0.3) is 0 Å². The number of ether oxygens (including phenoxy) is 2. The summed E-state index contributed by atoms with van der Waals surface area (Å²) >= 11 is 0. The third-order valence-corrected chi connectivity index (χ3v) is 0.941. The van der Waals surface area contributed by atoms with Crippen LogP contribution in [0.2, 0.25) is 0 Å². The van der Waals surface area contributed by atoms with Gasteiger partial charge in [-0.15, -0.1) is 0 Å². The molecule has 0 fully saturated rings. The molecule has 5 nitrogen and oxygen atoms in total. The Labute approximate surface area is 71.5 Å². The molecular weight excluding hydrogens is 164 g/mol. The Balaban J connectivity index is 3.21. The van der Waals surface area contributed by atoms with E-state index in [4.69, 9.17) is 9.47 Å². The lowest BCUT2D eigenvalue weighted by Gasteiger charge is -2.10. The molecule has 0 amide bonds. The fourth-order valence-electron chi connectivity index (χ4n) is 0.461. The van der Waals surface area contributed by atoms with Gasteiger partial charge in [-0.3, -0.25) is 4.89 Å². The van der Waals surface area contributed by atoms with Crippen molar-refractivity contribution in [3.8, 4) is 0 Å². The second kappa shape index (κ2) is 7.02. The first-order chi connectivity index (χ1) is 5.66. The number of hydrogen-bond acceptors (Lipinski definition) is 5. The fourth-order valence-corrected chi connectivity index (χ4v) is 0.461. The lowest BCUT2D eigenvalue weighted by Crippen LogP contribution is -2.17. The van der Waals surface area contributed by atoms with E-state index in [2.05, 4.69) is 9.78 Å². The van der Waals surface area contributed by atoms with E-state index in [1.54, 1.807) is 14.0 Å². The van der Waals surface area contributed by atoms with Crippen molar-refractivity contribution in [2.24, 2.45) is 0 Å². The zero-order chi connectivity index (χ0) is 9.40. The molecule has 0 aliphatic rings. The maximum Gasteiger partial charge on any atom is 0.339 e. The largest absolute Gasteiger partial charge is 0.382 e. The SMILES string of the molecule is COCCOC(C)OOC(C)=O. The van der Waals surface area contributed by atoms with E-state index in [1.165, 1.54) is 6.92 Å². The van der Waals surface area contributed by atoms with Crippen molar-refractivity contribution < 1.29 is 24.0 Å². The molecule has 0 aromatic carbocycles. The second-order valence-electron chi connectivity index (χ2n) is 2.10. The van der Waals surface area contributed by atoms with Gasteiger partial charge in [0.1, 0.15) is 0 Å². The first-order valence-electron chi connectivity index (χ1n) is 3.61. The summed E-state index contributed by atoms with van der Waals surface area (Å²) in [6, 6.07) is 0. The van der Waals surface area contributed by atoms with E-state index in [-0.39, 0.29) is 0 Å². The summed E-state index contributed by atoms with van der Waals surface area (Å²) in [6.45, 7) is 3.76. The van der Waals surface area contributed by atoms with Crippen LogP contribution in [0.1, 0.15) is 13.8 Å². The Bertz CT molecular complexity index is 125. The number of hydrogen-bond donors (Lipinski definition) is 0. The monoisotopic (exact) mass is 178 g/mol. The molecule has 0 radical (unpaired) electrons. The van der Waals surface area contributed by atoms with Gasteiger partial charge in [-0.1, -0.05) is 0 Å². The summed E-state index contributed by atoms with van der Waals surface area (Å²) in [5, 5.41) is 0. The fraction of sp³-hybridized carbons (Fsp3) is 0.857. The molecule has 1 atom stereocenters. The molecule has 0 saturated carbocycles. The summed E-state index contributed by atoms with van der Waals surface area (Å²) in [4.78, 5) is 19.0. The quantitative estimate of drug-likeness (QED) is 0.256. The van der Waals surface area contributed by atoms with Gasteiger partial charge in [0.05, 0.1) is 13.2 Å². The van der Waals surface area contributed by atoms with Crippen LogP contribution in [-0.4, -0.2) is 32.6 Å². The van der Waals surface area contributed by atoms with Crippen LogP contribution in [0.5, 0.6) is 0 Å². The van der Waals surface area contributed by atoms with Gasteiger partial charge in [-0.2, -0.15) is 4.89 Å². The Kier molecular flexibility index (Phi) is 6.64. The molecule has 0 spiro atoms. The predicted octanol–water partition coefficient (Wildman–Crippen LogP) is 0.490. The number of carbonyl (C=O) groups excluding carboxylic acids is 1. The zero-order valence-electron chi connectivity index (χ0n) is 7.53. The Hall–Kier alpha value is -0.650. The molecular formula is C7H14O5. The summed E-state index contributed by atoms with van der Waals surface area (Å²) in [6.07, 6.45) is -0.566. The second-order valence-corrected chi connectivity index (χ2v) is 2.10. The van der Waals surface area contributed by atoms with Gasteiger partial charge in [-0.25, -0.2) is 4.79 Å². The van der Waals surface area contributed by atoms with E-state index in [9.17, 15) is 4.79 Å². The van der Waals surface area contributed by atoms with Gasteiger partial charge >= 0.3 is 5.97 Å². The standard InChI is InChI=1S/C7H14O5/c1-6(8)11-12-7(2)10-5-4-9-3/h7H,4-5H2,1-3H3. The topological polar surface area (TPSA) is 54.0 Å². The molecule has 1 unspecified atom stereocenters. The van der Waals surface area contributed by atoms with Crippen molar-refractivity contribution >= 4 is 5.97 Å². The van der Waals surface area contributed by atoms with Crippen LogP contribution < -0.4 is 0 Å². The van der Waals surface area contributed by atoms with Crippen LogP contribution >= 0.6 is 0 Å². The molecule has 12 heavy (non-hydrogen) atoms. The molecule has 0 saturated heterocycles. The van der Waals surface area contributed by atoms with Gasteiger partial charge in [0.15, 0.2) is 6.29 Å². The molecule has 0 N–H and O–H groups in total. The highest BCUT2D eigenvalue weighted by molar-refractivity contribution is 5.65. The lowest BCUT2D eigenvalue weighted by atomic mass is 10.7. The molecule has 0 aromatic rings. The minimum atomic E-state index is -0.566. The van der Waals surface area contributed by atoms with Gasteiger partial charge in [-0.05, 0) is 6.92 Å². The average Bonchev–Trinajstić information content (AvgIpc) is 2.01. The van der Waals surface area contributed by atoms with E-state index >= 15 is 0 Å². The van der Waals surface area contributed by atoms with Crippen LogP contribution in [0.15, 0.2) is 0 Å². The van der Waals surface area contributed by atoms with Gasteiger partial charge in [0, 0.05) is 14.0 Å². The van der Waals surface area contributed by atoms with E-state index < -0.39 is 12.3 Å². The highest BCUT2D eigenvalue weighted by atomic mass is 17.2. The average molecular weight is 178 g/mol. The first kappa shape index (κ1) is 11.4. The Morgan fingerprint density at radius 3 is 2.58 bits per heavy atom. The summed E-state index contributed by atoms with van der Waals surface area (Å²) < 4.78 is 9.74. The molecule has 0 heterocycles. The minimum Gasteiger partial charge on any atom is -0.382 e. The van der Waals surface area contributed by atoms with Crippen molar-refractivity contribution in [2.45, 2.75) is 20.1 Å². The maximum absolute atomic E-state index is 10.3. The minimum absolute atomic E-state index is 0.402. The van der Waals surface area contributed by atoms with Crippen LogP contribution in [0, 0.1) is 0 Å². The molecule has 0 aliphatic carbocycles. The summed E-state index contributed by atoms with van der Waals surface area (Å²) in [7, 11) is 1.57. The van der Waals surface area contributed by atoms with Crippen molar-refractivity contribution in [3.05, 3.63) is 0 Å². The number of carbonyl (C=O) groups is 1. The Morgan fingerprint density at radius 2 is 2.08 bits per heavy atom. The van der Waals surface area contributed by atoms with Crippen LogP contribution in [0.4, 0.5) is 0 Å². The Morgan fingerprint density at radius 1 is 1.42 bits per heavy atom. The number of rotatable bonds is 6. The van der Waals surface area contributed by atoms with Crippen LogP contribution in [0.3, 0.4) is 0 Å². The van der Waals surface area contributed by atoms with Crippen molar-refractivity contribution in [3.63, 3.8) is 0 Å². The molecule has 0 aliphatic heterocycles. The first-order valence-corrected chi connectivity index (χ1v) is 3.61. The molecule has 72 valence electrons. The highest BCUT2D eigenvalue weighted by Gasteiger charge is 2.04. The van der Waals surface area contributed by atoms with Crippen molar-refractivity contribution in [1.29, 1.82) is 0 Å². The van der Waals surface area contributed by atoms with E-state index in [1.807, 2.05) is 0 Å². The maximum atomic E-state index is 10.3. The van der Waals surface area contributed by atoms with E-state index in [0.717, 1.165) is 0 Å². The normalized spacial score (nSPS) is 12.6. The molecule has 0 rings (SSSR count). The van der Waals surface area contributed by atoms with E-state index in [0.29, 0.717) is 13.2 Å². The van der Waals surface area contributed by atoms with Gasteiger partial charge in [0.25, 0.3) is 0 Å². The third-order valence-electron chi connectivity index (χ3n) is 0.941. The third kappa shape index (κ3) is 7.46. The van der Waals surface area contributed by atoms with Gasteiger partial charge in [0.2, 0.25) is 0 Å². The smallest absolute Gasteiger partial charge is 0.339 e. The zero-order valence-corrected chi connectivity index (χ0v) is 7.53. The molecule has 0 bridgehead atoms.